The van der Waals surface area contributed by atoms with Crippen LogP contribution in [0.4, 0.5) is 5.69 Å². The van der Waals surface area contributed by atoms with Gasteiger partial charge in [0.1, 0.15) is 0 Å². The summed E-state index contributed by atoms with van der Waals surface area (Å²) in [5.74, 6) is -0.216. The Kier molecular flexibility index (Phi) is 5.36. The van der Waals surface area contributed by atoms with E-state index in [1.807, 2.05) is 39.0 Å². The van der Waals surface area contributed by atoms with Crippen molar-refractivity contribution in [3.05, 3.63) is 41.0 Å². The second-order valence-electron chi connectivity index (χ2n) is 6.02. The lowest BCUT2D eigenvalue weighted by Crippen LogP contribution is -2.37. The fourth-order valence-electron chi connectivity index (χ4n) is 2.90. The van der Waals surface area contributed by atoms with Crippen LogP contribution in [0.5, 0.6) is 0 Å². The monoisotopic (exact) mass is 300 g/mol. The Labute approximate surface area is 132 Å². The topological polar surface area (TPSA) is 58.2 Å². The third-order valence-electron chi connectivity index (χ3n) is 4.00. The molecule has 0 bridgehead atoms. The van der Waals surface area contributed by atoms with E-state index < -0.39 is 0 Å². The van der Waals surface area contributed by atoms with E-state index in [0.29, 0.717) is 0 Å². The predicted molar refractivity (Wildman–Crippen MR) is 88.8 cm³/mol. The van der Waals surface area contributed by atoms with Crippen LogP contribution in [0.1, 0.15) is 36.0 Å². The average molecular weight is 300 g/mol. The van der Waals surface area contributed by atoms with E-state index in [1.54, 1.807) is 0 Å². The van der Waals surface area contributed by atoms with Gasteiger partial charge in [0.25, 0.3) is 0 Å². The number of aryl methyl sites for hydroxylation is 3. The van der Waals surface area contributed by atoms with Crippen LogP contribution >= 0.6 is 0 Å². The fourth-order valence-corrected chi connectivity index (χ4v) is 2.90. The van der Waals surface area contributed by atoms with Crippen molar-refractivity contribution >= 4 is 17.5 Å². The van der Waals surface area contributed by atoms with Gasteiger partial charge in [0, 0.05) is 11.6 Å². The number of amides is 2. The highest BCUT2D eigenvalue weighted by atomic mass is 16.2. The lowest BCUT2D eigenvalue weighted by molar-refractivity contribution is -0.127. The molecule has 4 heteroatoms. The molecule has 22 heavy (non-hydrogen) atoms. The molecule has 0 fully saturated rings. The maximum atomic E-state index is 12.0. The van der Waals surface area contributed by atoms with Crippen molar-refractivity contribution in [1.29, 1.82) is 0 Å². The van der Waals surface area contributed by atoms with Crippen molar-refractivity contribution in [1.82, 2.24) is 5.32 Å². The summed E-state index contributed by atoms with van der Waals surface area (Å²) in [4.78, 5) is 24.1. The number of hydrogen-bond acceptors (Lipinski definition) is 2. The molecule has 1 aromatic carbocycles. The van der Waals surface area contributed by atoms with Crippen molar-refractivity contribution in [3.63, 3.8) is 0 Å². The fraction of sp³-hybridized carbons (Fsp3) is 0.444. The van der Waals surface area contributed by atoms with Crippen molar-refractivity contribution in [2.24, 2.45) is 5.92 Å². The van der Waals surface area contributed by atoms with Gasteiger partial charge in [-0.3, -0.25) is 9.59 Å². The Morgan fingerprint density at radius 3 is 2.41 bits per heavy atom. The zero-order chi connectivity index (χ0) is 16.1. The smallest absolute Gasteiger partial charge is 0.243 e. The summed E-state index contributed by atoms with van der Waals surface area (Å²) < 4.78 is 0. The Balaban J connectivity index is 1.88. The highest BCUT2D eigenvalue weighted by Crippen LogP contribution is 2.22. The first-order chi connectivity index (χ1) is 10.5. The van der Waals surface area contributed by atoms with Gasteiger partial charge in [-0.15, -0.1) is 0 Å². The van der Waals surface area contributed by atoms with Gasteiger partial charge >= 0.3 is 0 Å². The summed E-state index contributed by atoms with van der Waals surface area (Å²) >= 11 is 0. The Bertz CT molecular complexity index is 582. The molecule has 2 amide bonds. The minimum Gasteiger partial charge on any atom is -0.347 e. The molecule has 0 saturated carbocycles. The van der Waals surface area contributed by atoms with Crippen molar-refractivity contribution in [2.75, 3.05) is 11.9 Å². The second kappa shape index (κ2) is 7.25. The molecule has 2 rings (SSSR count). The number of carbonyl (C=O) groups excluding carboxylic acids is 2. The van der Waals surface area contributed by atoms with Crippen LogP contribution in [0, 0.1) is 26.7 Å². The van der Waals surface area contributed by atoms with Crippen LogP contribution in [0.15, 0.2) is 24.3 Å². The third-order valence-corrected chi connectivity index (χ3v) is 4.00. The van der Waals surface area contributed by atoms with Crippen LogP contribution < -0.4 is 10.6 Å². The van der Waals surface area contributed by atoms with Gasteiger partial charge in [-0.1, -0.05) is 29.8 Å². The van der Waals surface area contributed by atoms with Crippen molar-refractivity contribution < 1.29 is 9.59 Å². The second-order valence-corrected chi connectivity index (χ2v) is 6.02. The molecule has 1 aromatic rings. The van der Waals surface area contributed by atoms with Gasteiger partial charge in [-0.25, -0.2) is 0 Å². The highest BCUT2D eigenvalue weighted by Gasteiger charge is 2.19. The summed E-state index contributed by atoms with van der Waals surface area (Å²) in [6.07, 6.45) is 6.70. The van der Waals surface area contributed by atoms with Crippen LogP contribution in [-0.2, 0) is 9.59 Å². The van der Waals surface area contributed by atoms with Crippen LogP contribution in [-0.4, -0.2) is 18.4 Å². The zero-order valence-electron chi connectivity index (χ0n) is 13.5. The molecule has 0 heterocycles. The van der Waals surface area contributed by atoms with Gasteiger partial charge in [-0.2, -0.15) is 0 Å². The van der Waals surface area contributed by atoms with Gasteiger partial charge < -0.3 is 10.6 Å². The predicted octanol–water partition coefficient (Wildman–Crippen LogP) is 3.02. The first kappa shape index (κ1) is 16.3. The first-order valence-corrected chi connectivity index (χ1v) is 7.78. The molecule has 1 atom stereocenters. The molecule has 0 radical (unpaired) electrons. The molecule has 0 aromatic heterocycles. The molecule has 1 aliphatic carbocycles. The summed E-state index contributed by atoms with van der Waals surface area (Å²) in [5.41, 5.74) is 4.08. The standard InChI is InChI=1S/C18H24N2O2/c1-12-9-13(2)17(14(3)10-12)20-16(21)11-19-18(22)15-7-5-4-6-8-15/h4-5,9-10,15H,6-8,11H2,1-3H3,(H,19,22)(H,20,21)/t15-/m0/s1. The Hall–Kier alpha value is -2.10. The molecule has 4 nitrogen and oxygen atoms in total. The summed E-state index contributed by atoms with van der Waals surface area (Å²) in [7, 11) is 0. The number of benzene rings is 1. The molecule has 2 N–H and O–H groups in total. The van der Waals surface area contributed by atoms with E-state index in [9.17, 15) is 9.59 Å². The zero-order valence-corrected chi connectivity index (χ0v) is 13.5. The summed E-state index contributed by atoms with van der Waals surface area (Å²) in [5, 5.41) is 5.63. The van der Waals surface area contributed by atoms with Crippen molar-refractivity contribution in [2.45, 2.75) is 40.0 Å². The van der Waals surface area contributed by atoms with E-state index in [4.69, 9.17) is 0 Å². The van der Waals surface area contributed by atoms with E-state index in [1.165, 1.54) is 5.56 Å². The molecular weight excluding hydrogens is 276 g/mol. The summed E-state index contributed by atoms with van der Waals surface area (Å²) in [6.45, 7) is 6.00. The third kappa shape index (κ3) is 4.20. The molecule has 118 valence electrons. The lowest BCUT2D eigenvalue weighted by atomic mass is 9.94. The number of rotatable bonds is 4. The van der Waals surface area contributed by atoms with Crippen LogP contribution in [0.25, 0.3) is 0 Å². The maximum Gasteiger partial charge on any atom is 0.243 e. The number of allylic oxidation sites excluding steroid dienone is 2. The highest BCUT2D eigenvalue weighted by molar-refractivity contribution is 5.96. The Morgan fingerprint density at radius 1 is 1.14 bits per heavy atom. The number of nitrogens with one attached hydrogen (secondary N) is 2. The van der Waals surface area contributed by atoms with E-state index >= 15 is 0 Å². The minimum absolute atomic E-state index is 0.000599. The van der Waals surface area contributed by atoms with Crippen LogP contribution in [0.3, 0.4) is 0 Å². The average Bonchev–Trinajstić information content (AvgIpc) is 2.49. The molecule has 1 aliphatic rings. The number of anilines is 1. The lowest BCUT2D eigenvalue weighted by Gasteiger charge is -2.17. The normalized spacial score (nSPS) is 17.1. The maximum absolute atomic E-state index is 12.0. The molecule has 0 unspecified atom stereocenters. The SMILES string of the molecule is Cc1cc(C)c(NC(=O)CNC(=O)[C@H]2CC=CCC2)c(C)c1. The van der Waals surface area contributed by atoms with E-state index in [-0.39, 0.29) is 24.3 Å². The summed E-state index contributed by atoms with van der Waals surface area (Å²) in [6, 6.07) is 4.07. The van der Waals surface area contributed by atoms with Crippen molar-refractivity contribution in [3.8, 4) is 0 Å². The largest absolute Gasteiger partial charge is 0.347 e. The minimum atomic E-state index is -0.185. The quantitative estimate of drug-likeness (QED) is 0.840. The van der Waals surface area contributed by atoms with Gasteiger partial charge in [0.2, 0.25) is 11.8 Å². The molecule has 0 saturated heterocycles. The van der Waals surface area contributed by atoms with Crippen LogP contribution in [0.2, 0.25) is 0 Å². The van der Waals surface area contributed by atoms with Gasteiger partial charge in [0.15, 0.2) is 0 Å². The first-order valence-electron chi connectivity index (χ1n) is 7.78. The van der Waals surface area contributed by atoms with E-state index in [2.05, 4.69) is 16.7 Å². The van der Waals surface area contributed by atoms with Gasteiger partial charge in [-0.05, 0) is 51.2 Å². The van der Waals surface area contributed by atoms with E-state index in [0.717, 1.165) is 36.1 Å². The van der Waals surface area contributed by atoms with Gasteiger partial charge in [0.05, 0.1) is 6.54 Å². The number of carbonyl (C=O) groups is 2. The molecule has 0 spiro atoms. The Morgan fingerprint density at radius 2 is 1.82 bits per heavy atom. The number of hydrogen-bond donors (Lipinski definition) is 2. The molecule has 0 aliphatic heterocycles. The molecular formula is C18H24N2O2.